The third kappa shape index (κ3) is 2.07. The lowest BCUT2D eigenvalue weighted by Gasteiger charge is -2.11. The van der Waals surface area contributed by atoms with Gasteiger partial charge in [0.15, 0.2) is 5.44 Å². The number of phenols is 1. The lowest BCUT2D eigenvalue weighted by Crippen LogP contribution is -2.16. The van der Waals surface area contributed by atoms with Gasteiger partial charge in [-0.25, -0.2) is 0 Å². The maximum Gasteiger partial charge on any atom is 0.173 e. The molecule has 0 bridgehead atoms. The first-order valence-electron chi connectivity index (χ1n) is 4.58. The lowest BCUT2D eigenvalue weighted by atomic mass is 10.3. The summed E-state index contributed by atoms with van der Waals surface area (Å²) in [6.07, 6.45) is 1.82. The number of aromatic hydroxyl groups is 1. The molecule has 14 heavy (non-hydrogen) atoms. The van der Waals surface area contributed by atoms with Crippen molar-refractivity contribution in [2.24, 2.45) is 0 Å². The van der Waals surface area contributed by atoms with Gasteiger partial charge in [0.1, 0.15) is 11.5 Å². The number of rotatable bonds is 2. The lowest BCUT2D eigenvalue weighted by molar-refractivity contribution is 0.279. The Hall–Kier alpha value is -1.03. The normalized spacial score (nSPS) is 26.3. The number of ether oxygens (including phenoxy) is 1. The third-order valence-electron chi connectivity index (χ3n) is 2.18. The van der Waals surface area contributed by atoms with E-state index in [0.717, 1.165) is 18.6 Å². The van der Waals surface area contributed by atoms with Gasteiger partial charge in [-0.15, -0.1) is 0 Å². The molecule has 2 atom stereocenters. The molecule has 1 fully saturated rings. The quantitative estimate of drug-likeness (QED) is 0.810. The van der Waals surface area contributed by atoms with Crippen molar-refractivity contribution in [3.05, 3.63) is 24.3 Å². The maximum atomic E-state index is 11.4. The standard InChI is InChI=1S/C10H12O3S/c11-8-3-5-9(6-4-8)13-10-2-1-7-14(10)12/h3-6,10-11H,1-2,7H2/t10-,14?/m0/s1. The van der Waals surface area contributed by atoms with Crippen molar-refractivity contribution >= 4 is 10.8 Å². The van der Waals surface area contributed by atoms with E-state index in [2.05, 4.69) is 0 Å². The van der Waals surface area contributed by atoms with Gasteiger partial charge < -0.3 is 9.84 Å². The van der Waals surface area contributed by atoms with Crippen LogP contribution in [0, 0.1) is 0 Å². The van der Waals surface area contributed by atoms with Crippen molar-refractivity contribution in [3.8, 4) is 11.5 Å². The van der Waals surface area contributed by atoms with Crippen molar-refractivity contribution in [2.75, 3.05) is 5.75 Å². The van der Waals surface area contributed by atoms with E-state index >= 15 is 0 Å². The van der Waals surface area contributed by atoms with Gasteiger partial charge in [0.2, 0.25) is 0 Å². The topological polar surface area (TPSA) is 46.5 Å². The predicted octanol–water partition coefficient (Wildman–Crippen LogP) is 1.64. The average molecular weight is 212 g/mol. The summed E-state index contributed by atoms with van der Waals surface area (Å²) in [5.41, 5.74) is -0.167. The summed E-state index contributed by atoms with van der Waals surface area (Å²) < 4.78 is 16.9. The van der Waals surface area contributed by atoms with E-state index in [0.29, 0.717) is 5.75 Å². The van der Waals surface area contributed by atoms with Crippen LogP contribution < -0.4 is 4.74 Å². The fourth-order valence-corrected chi connectivity index (χ4v) is 2.81. The fourth-order valence-electron chi connectivity index (χ4n) is 1.44. The molecular formula is C10H12O3S. The molecule has 1 heterocycles. The Bertz CT molecular complexity index is 334. The Morgan fingerprint density at radius 2 is 2.07 bits per heavy atom. The predicted molar refractivity (Wildman–Crippen MR) is 54.8 cm³/mol. The first-order valence-corrected chi connectivity index (χ1v) is 5.97. The zero-order valence-electron chi connectivity index (χ0n) is 7.68. The molecule has 1 aliphatic heterocycles. The molecule has 1 aliphatic rings. The van der Waals surface area contributed by atoms with E-state index in [1.807, 2.05) is 0 Å². The first-order chi connectivity index (χ1) is 6.75. The van der Waals surface area contributed by atoms with Crippen molar-refractivity contribution in [1.29, 1.82) is 0 Å². The summed E-state index contributed by atoms with van der Waals surface area (Å²) in [7, 11) is -0.851. The Labute approximate surface area is 85.2 Å². The second-order valence-electron chi connectivity index (χ2n) is 3.27. The summed E-state index contributed by atoms with van der Waals surface area (Å²) in [6, 6.07) is 6.50. The van der Waals surface area contributed by atoms with Crippen LogP contribution in [0.15, 0.2) is 24.3 Å². The molecule has 1 aromatic carbocycles. The molecule has 0 spiro atoms. The highest BCUT2D eigenvalue weighted by Crippen LogP contribution is 2.22. The smallest absolute Gasteiger partial charge is 0.173 e. The van der Waals surface area contributed by atoms with Crippen LogP contribution >= 0.6 is 0 Å². The van der Waals surface area contributed by atoms with Crippen molar-refractivity contribution < 1.29 is 14.1 Å². The van der Waals surface area contributed by atoms with E-state index in [-0.39, 0.29) is 11.2 Å². The van der Waals surface area contributed by atoms with Gasteiger partial charge in [-0.2, -0.15) is 0 Å². The van der Waals surface area contributed by atoms with E-state index in [1.165, 1.54) is 0 Å². The zero-order chi connectivity index (χ0) is 9.97. The van der Waals surface area contributed by atoms with Crippen LogP contribution in [0.25, 0.3) is 0 Å². The van der Waals surface area contributed by atoms with Crippen LogP contribution in [-0.4, -0.2) is 20.5 Å². The summed E-state index contributed by atoms with van der Waals surface area (Å²) in [5.74, 6) is 1.62. The van der Waals surface area contributed by atoms with Gasteiger partial charge in [-0.1, -0.05) is 0 Å². The van der Waals surface area contributed by atoms with Crippen LogP contribution in [0.3, 0.4) is 0 Å². The Balaban J connectivity index is 2.03. The number of benzene rings is 1. The summed E-state index contributed by atoms with van der Waals surface area (Å²) in [5, 5.41) is 9.05. The first kappa shape index (κ1) is 9.52. The van der Waals surface area contributed by atoms with Gasteiger partial charge in [-0.05, 0) is 37.1 Å². The van der Waals surface area contributed by atoms with E-state index in [4.69, 9.17) is 9.84 Å². The van der Waals surface area contributed by atoms with E-state index in [9.17, 15) is 4.21 Å². The van der Waals surface area contributed by atoms with Crippen LogP contribution in [0.4, 0.5) is 0 Å². The van der Waals surface area contributed by atoms with E-state index < -0.39 is 10.8 Å². The molecule has 0 aliphatic carbocycles. The molecule has 3 nitrogen and oxygen atoms in total. The molecule has 1 saturated heterocycles. The van der Waals surface area contributed by atoms with Crippen LogP contribution in [0.2, 0.25) is 0 Å². The van der Waals surface area contributed by atoms with Gasteiger partial charge in [-0.3, -0.25) is 4.21 Å². The number of phenolic OH excluding ortho intramolecular Hbond substituents is 1. The molecule has 0 radical (unpaired) electrons. The summed E-state index contributed by atoms with van der Waals surface area (Å²) in [4.78, 5) is 0. The highest BCUT2D eigenvalue weighted by Gasteiger charge is 2.24. The van der Waals surface area contributed by atoms with Crippen molar-refractivity contribution in [2.45, 2.75) is 18.3 Å². The van der Waals surface area contributed by atoms with Gasteiger partial charge in [0.05, 0.1) is 10.8 Å². The molecule has 1 unspecified atom stereocenters. The molecule has 76 valence electrons. The van der Waals surface area contributed by atoms with Gasteiger partial charge in [0.25, 0.3) is 0 Å². The Morgan fingerprint density at radius 3 is 2.64 bits per heavy atom. The SMILES string of the molecule is O=S1CCC[C@H]1Oc1ccc(O)cc1. The zero-order valence-corrected chi connectivity index (χ0v) is 8.50. The molecule has 0 saturated carbocycles. The molecule has 1 N–H and O–H groups in total. The minimum atomic E-state index is -0.851. The monoisotopic (exact) mass is 212 g/mol. The highest BCUT2D eigenvalue weighted by molar-refractivity contribution is 7.85. The minimum Gasteiger partial charge on any atom is -0.508 e. The Kier molecular flexibility index (Phi) is 2.72. The highest BCUT2D eigenvalue weighted by atomic mass is 32.2. The molecule has 0 amide bonds. The minimum absolute atomic E-state index is 0.167. The van der Waals surface area contributed by atoms with Gasteiger partial charge in [0, 0.05) is 5.75 Å². The summed E-state index contributed by atoms with van der Waals surface area (Å²) >= 11 is 0. The number of hydrogen-bond acceptors (Lipinski definition) is 3. The third-order valence-corrected chi connectivity index (χ3v) is 3.79. The second kappa shape index (κ2) is 4.00. The molecular weight excluding hydrogens is 200 g/mol. The van der Waals surface area contributed by atoms with Crippen LogP contribution in [-0.2, 0) is 10.8 Å². The molecule has 4 heteroatoms. The number of hydrogen-bond donors (Lipinski definition) is 1. The molecule has 2 rings (SSSR count). The summed E-state index contributed by atoms with van der Waals surface area (Å²) in [6.45, 7) is 0. The fraction of sp³-hybridized carbons (Fsp3) is 0.400. The van der Waals surface area contributed by atoms with Crippen molar-refractivity contribution in [3.63, 3.8) is 0 Å². The van der Waals surface area contributed by atoms with Gasteiger partial charge >= 0.3 is 0 Å². The maximum absolute atomic E-state index is 11.4. The Morgan fingerprint density at radius 1 is 1.36 bits per heavy atom. The van der Waals surface area contributed by atoms with Crippen LogP contribution in [0.1, 0.15) is 12.8 Å². The van der Waals surface area contributed by atoms with E-state index in [1.54, 1.807) is 24.3 Å². The second-order valence-corrected chi connectivity index (χ2v) is 4.96. The van der Waals surface area contributed by atoms with Crippen molar-refractivity contribution in [1.82, 2.24) is 0 Å². The average Bonchev–Trinajstić information content (AvgIpc) is 2.56. The molecule has 1 aromatic rings. The molecule has 0 aromatic heterocycles. The van der Waals surface area contributed by atoms with Crippen LogP contribution in [0.5, 0.6) is 11.5 Å². The largest absolute Gasteiger partial charge is 0.508 e.